The van der Waals surface area contributed by atoms with Crippen molar-refractivity contribution in [1.29, 1.82) is 0 Å². The van der Waals surface area contributed by atoms with E-state index in [0.717, 1.165) is 22.7 Å². The van der Waals surface area contributed by atoms with Crippen molar-refractivity contribution in [3.05, 3.63) is 60.8 Å². The number of carbonyl (C=O) groups excluding carboxylic acids is 2. The molecule has 0 unspecified atom stereocenters. The molecular formula is C16H13N3O3. The molecule has 0 amide bonds. The Morgan fingerprint density at radius 2 is 1.64 bits per heavy atom. The molecule has 0 N–H and O–H groups in total. The van der Waals surface area contributed by atoms with Crippen molar-refractivity contribution in [2.45, 2.75) is 0 Å². The van der Waals surface area contributed by atoms with Crippen molar-refractivity contribution in [3.63, 3.8) is 0 Å². The molecule has 6 nitrogen and oxygen atoms in total. The summed E-state index contributed by atoms with van der Waals surface area (Å²) in [5, 5.41) is 8.33. The Kier molecular flexibility index (Phi) is 5.18. The molecule has 0 fully saturated rings. The second kappa shape index (κ2) is 7.52. The monoisotopic (exact) mass is 295 g/mol. The molecule has 6 heteroatoms. The van der Waals surface area contributed by atoms with E-state index in [-0.39, 0.29) is 6.15 Å². The summed E-state index contributed by atoms with van der Waals surface area (Å²) in [6, 6.07) is 17.7. The number of rotatable bonds is 3. The fourth-order valence-corrected chi connectivity index (χ4v) is 1.87. The quantitative estimate of drug-likeness (QED) is 0.741. The number of benzene rings is 2. The average Bonchev–Trinajstić information content (AvgIpc) is 3.06. The summed E-state index contributed by atoms with van der Waals surface area (Å²) >= 11 is 0. The van der Waals surface area contributed by atoms with Crippen molar-refractivity contribution in [2.75, 3.05) is 7.11 Å². The summed E-state index contributed by atoms with van der Waals surface area (Å²) in [6.07, 6.45) is 2.16. The third kappa shape index (κ3) is 3.65. The minimum Gasteiger partial charge on any atom is -0.497 e. The highest BCUT2D eigenvalue weighted by Crippen LogP contribution is 2.18. The van der Waals surface area contributed by atoms with Crippen LogP contribution in [0.25, 0.3) is 16.9 Å². The van der Waals surface area contributed by atoms with Crippen LogP contribution in [-0.4, -0.2) is 28.3 Å². The first-order chi connectivity index (χ1) is 10.8. The fourth-order valence-electron chi connectivity index (χ4n) is 1.87. The van der Waals surface area contributed by atoms with Gasteiger partial charge in [-0.2, -0.15) is 9.59 Å². The molecule has 2 aromatic carbocycles. The molecule has 3 rings (SSSR count). The normalized spacial score (nSPS) is 9.32. The Morgan fingerprint density at radius 1 is 1.00 bits per heavy atom. The summed E-state index contributed by atoms with van der Waals surface area (Å²) < 4.78 is 6.89. The van der Waals surface area contributed by atoms with E-state index in [1.54, 1.807) is 11.8 Å². The highest BCUT2D eigenvalue weighted by Gasteiger charge is 2.04. The topological polar surface area (TPSA) is 74.1 Å². The zero-order chi connectivity index (χ0) is 15.8. The lowest BCUT2D eigenvalue weighted by Crippen LogP contribution is -1.94. The van der Waals surface area contributed by atoms with Gasteiger partial charge in [-0.05, 0) is 24.3 Å². The molecule has 0 aliphatic carbocycles. The van der Waals surface area contributed by atoms with Crippen LogP contribution in [0, 0.1) is 0 Å². The molecule has 22 heavy (non-hydrogen) atoms. The zero-order valence-corrected chi connectivity index (χ0v) is 11.8. The number of nitrogens with zero attached hydrogens (tertiary/aromatic N) is 3. The van der Waals surface area contributed by atoms with Gasteiger partial charge in [0.2, 0.25) is 0 Å². The van der Waals surface area contributed by atoms with Crippen molar-refractivity contribution >= 4 is 6.15 Å². The minimum atomic E-state index is 0.250. The Labute approximate surface area is 127 Å². The molecular weight excluding hydrogens is 282 g/mol. The molecule has 0 radical (unpaired) electrons. The summed E-state index contributed by atoms with van der Waals surface area (Å²) in [7, 11) is 1.65. The molecule has 110 valence electrons. The highest BCUT2D eigenvalue weighted by atomic mass is 16.5. The number of ether oxygens (including phenoxy) is 1. The van der Waals surface area contributed by atoms with Crippen LogP contribution >= 0.6 is 0 Å². The molecule has 0 aliphatic heterocycles. The van der Waals surface area contributed by atoms with E-state index in [2.05, 4.69) is 10.3 Å². The number of hydrogen-bond acceptors (Lipinski definition) is 5. The Hall–Kier alpha value is -3.24. The van der Waals surface area contributed by atoms with Gasteiger partial charge in [-0.15, -0.1) is 5.10 Å². The Balaban J connectivity index is 0.000000545. The zero-order valence-electron chi connectivity index (χ0n) is 11.8. The van der Waals surface area contributed by atoms with Crippen LogP contribution < -0.4 is 4.74 Å². The molecule has 0 atom stereocenters. The lowest BCUT2D eigenvalue weighted by atomic mass is 10.2. The van der Waals surface area contributed by atoms with Crippen LogP contribution in [-0.2, 0) is 9.59 Å². The van der Waals surface area contributed by atoms with E-state index in [9.17, 15) is 0 Å². The smallest absolute Gasteiger partial charge is 0.373 e. The fraction of sp³-hybridized carbons (Fsp3) is 0.0625. The van der Waals surface area contributed by atoms with E-state index in [1.807, 2.05) is 60.8 Å². The molecule has 0 bridgehead atoms. The van der Waals surface area contributed by atoms with Gasteiger partial charge in [-0.1, -0.05) is 35.5 Å². The summed E-state index contributed by atoms with van der Waals surface area (Å²) in [5.74, 6) is 0.826. The highest BCUT2D eigenvalue weighted by molar-refractivity contribution is 5.57. The number of aromatic nitrogens is 3. The third-order valence-electron chi connectivity index (χ3n) is 2.90. The SMILES string of the molecule is COc1ccc(-n2cc(-c3ccccc3)nn2)cc1.O=C=O. The third-order valence-corrected chi connectivity index (χ3v) is 2.90. The largest absolute Gasteiger partial charge is 0.497 e. The van der Waals surface area contributed by atoms with Gasteiger partial charge in [0.15, 0.2) is 0 Å². The standard InChI is InChI=1S/C15H13N3O.CO2/c1-19-14-9-7-13(8-10-14)18-11-15(16-17-18)12-5-3-2-4-6-12;2-1-3/h2-11H,1H3;. The molecule has 0 aliphatic rings. The maximum absolute atomic E-state index is 8.12. The van der Waals surface area contributed by atoms with Crippen LogP contribution in [0.1, 0.15) is 0 Å². The summed E-state index contributed by atoms with van der Waals surface area (Å²) in [4.78, 5) is 16.2. The van der Waals surface area contributed by atoms with Crippen molar-refractivity contribution in [3.8, 4) is 22.7 Å². The van der Waals surface area contributed by atoms with E-state index in [1.165, 1.54) is 0 Å². The van der Waals surface area contributed by atoms with Crippen LogP contribution in [0.2, 0.25) is 0 Å². The maximum atomic E-state index is 8.12. The van der Waals surface area contributed by atoms with Gasteiger partial charge >= 0.3 is 6.15 Å². The lowest BCUT2D eigenvalue weighted by molar-refractivity contribution is -0.191. The van der Waals surface area contributed by atoms with Gasteiger partial charge in [0.25, 0.3) is 0 Å². The minimum absolute atomic E-state index is 0.250. The first-order valence-electron chi connectivity index (χ1n) is 6.40. The lowest BCUT2D eigenvalue weighted by Gasteiger charge is -2.02. The van der Waals surface area contributed by atoms with Gasteiger partial charge < -0.3 is 4.74 Å². The predicted octanol–water partition coefficient (Wildman–Crippen LogP) is 2.36. The second-order valence-electron chi connectivity index (χ2n) is 4.20. The second-order valence-corrected chi connectivity index (χ2v) is 4.20. The number of methoxy groups -OCH3 is 1. The van der Waals surface area contributed by atoms with Gasteiger partial charge in [0.1, 0.15) is 11.4 Å². The maximum Gasteiger partial charge on any atom is 0.373 e. The average molecular weight is 295 g/mol. The van der Waals surface area contributed by atoms with Crippen LogP contribution in [0.15, 0.2) is 60.8 Å². The summed E-state index contributed by atoms with van der Waals surface area (Å²) in [5.41, 5.74) is 2.87. The van der Waals surface area contributed by atoms with Crippen molar-refractivity contribution < 1.29 is 14.3 Å². The molecule has 1 aromatic heterocycles. The first-order valence-corrected chi connectivity index (χ1v) is 6.40. The number of hydrogen-bond donors (Lipinski definition) is 0. The van der Waals surface area contributed by atoms with Crippen molar-refractivity contribution in [1.82, 2.24) is 15.0 Å². The molecule has 1 heterocycles. The molecule has 0 saturated heterocycles. The molecule has 0 spiro atoms. The predicted molar refractivity (Wildman–Crippen MR) is 78.4 cm³/mol. The molecule has 0 saturated carbocycles. The van der Waals surface area contributed by atoms with E-state index >= 15 is 0 Å². The van der Waals surface area contributed by atoms with E-state index in [0.29, 0.717) is 0 Å². The van der Waals surface area contributed by atoms with Crippen LogP contribution in [0.3, 0.4) is 0 Å². The van der Waals surface area contributed by atoms with Gasteiger partial charge in [0.05, 0.1) is 19.0 Å². The van der Waals surface area contributed by atoms with Crippen molar-refractivity contribution in [2.24, 2.45) is 0 Å². The Morgan fingerprint density at radius 3 is 2.23 bits per heavy atom. The van der Waals surface area contributed by atoms with Crippen LogP contribution in [0.5, 0.6) is 5.75 Å². The van der Waals surface area contributed by atoms with E-state index < -0.39 is 0 Å². The van der Waals surface area contributed by atoms with Gasteiger partial charge in [-0.25, -0.2) is 4.68 Å². The van der Waals surface area contributed by atoms with Gasteiger partial charge in [-0.3, -0.25) is 0 Å². The van der Waals surface area contributed by atoms with Crippen LogP contribution in [0.4, 0.5) is 0 Å². The molecule has 3 aromatic rings. The summed E-state index contributed by atoms with van der Waals surface area (Å²) in [6.45, 7) is 0. The first kappa shape index (κ1) is 15.2. The Bertz CT molecular complexity index is 746. The van der Waals surface area contributed by atoms with Gasteiger partial charge in [0, 0.05) is 5.56 Å². The van der Waals surface area contributed by atoms with E-state index in [4.69, 9.17) is 14.3 Å².